The molecule has 2 aromatic rings. The van der Waals surface area contributed by atoms with Crippen molar-refractivity contribution in [2.24, 2.45) is 0 Å². The van der Waals surface area contributed by atoms with Crippen LogP contribution < -0.4 is 9.47 Å². The molecule has 0 N–H and O–H groups in total. The van der Waals surface area contributed by atoms with E-state index in [1.807, 2.05) is 48.5 Å². The van der Waals surface area contributed by atoms with E-state index in [0.717, 1.165) is 47.2 Å². The summed E-state index contributed by atoms with van der Waals surface area (Å²) in [6, 6.07) is 13.8. The van der Waals surface area contributed by atoms with Crippen LogP contribution in [0.2, 0.25) is 0 Å². The minimum Gasteiger partial charge on any atom is -0.493 e. The molecule has 28 heavy (non-hydrogen) atoms. The minimum atomic E-state index is 0.238. The fourth-order valence-corrected chi connectivity index (χ4v) is 3.56. The molecular weight excluding hydrogens is 418 g/mol. The first-order chi connectivity index (χ1) is 13.6. The number of nitrogens with zero attached hydrogens (tertiary/aromatic N) is 1. The summed E-state index contributed by atoms with van der Waals surface area (Å²) in [6.45, 7) is 5.23. The Morgan fingerprint density at radius 1 is 1.14 bits per heavy atom. The van der Waals surface area contributed by atoms with Gasteiger partial charge in [0.2, 0.25) is 0 Å². The summed E-state index contributed by atoms with van der Waals surface area (Å²) < 4.78 is 12.5. The van der Waals surface area contributed by atoms with Gasteiger partial charge < -0.3 is 9.47 Å². The molecule has 0 spiro atoms. The number of carbonyl (C=O) groups is 1. The molecule has 0 aliphatic carbocycles. The zero-order chi connectivity index (χ0) is 19.9. The van der Waals surface area contributed by atoms with Crippen molar-refractivity contribution in [3.63, 3.8) is 0 Å². The summed E-state index contributed by atoms with van der Waals surface area (Å²) in [5.74, 6) is 1.59. The number of hydrogen-bond acceptors (Lipinski definition) is 4. The Morgan fingerprint density at radius 3 is 2.64 bits per heavy atom. The van der Waals surface area contributed by atoms with Crippen molar-refractivity contribution in [3.8, 4) is 11.5 Å². The molecule has 1 aliphatic heterocycles. The SMILES string of the molecule is CCCN1CCC(=O)/C(=C/c2ccc(OCc3ccc(Br)cc3)c(OC)c2)C1. The van der Waals surface area contributed by atoms with Gasteiger partial charge in [0, 0.05) is 29.6 Å². The first kappa shape index (κ1) is 20.6. The topological polar surface area (TPSA) is 38.8 Å². The Morgan fingerprint density at radius 2 is 1.93 bits per heavy atom. The molecule has 0 atom stereocenters. The van der Waals surface area contributed by atoms with Crippen LogP contribution in [0, 0.1) is 0 Å². The second-order valence-electron chi connectivity index (χ2n) is 6.94. The average Bonchev–Trinajstić information content (AvgIpc) is 2.71. The smallest absolute Gasteiger partial charge is 0.161 e. The van der Waals surface area contributed by atoms with Gasteiger partial charge in [0.1, 0.15) is 6.61 Å². The van der Waals surface area contributed by atoms with Crippen molar-refractivity contribution in [2.75, 3.05) is 26.7 Å². The van der Waals surface area contributed by atoms with Crippen LogP contribution in [0.5, 0.6) is 11.5 Å². The van der Waals surface area contributed by atoms with E-state index in [9.17, 15) is 4.79 Å². The lowest BCUT2D eigenvalue weighted by molar-refractivity contribution is -0.117. The highest BCUT2D eigenvalue weighted by Gasteiger charge is 2.20. The monoisotopic (exact) mass is 443 g/mol. The van der Waals surface area contributed by atoms with E-state index in [4.69, 9.17) is 9.47 Å². The Hall–Kier alpha value is -2.11. The molecule has 4 nitrogen and oxygen atoms in total. The van der Waals surface area contributed by atoms with E-state index in [-0.39, 0.29) is 5.78 Å². The van der Waals surface area contributed by atoms with Crippen LogP contribution in [0.4, 0.5) is 0 Å². The van der Waals surface area contributed by atoms with Gasteiger partial charge in [-0.25, -0.2) is 0 Å². The number of Topliss-reactive ketones (excluding diaryl/α,β-unsaturated/α-hetero) is 1. The van der Waals surface area contributed by atoms with E-state index in [1.165, 1.54) is 0 Å². The van der Waals surface area contributed by atoms with Gasteiger partial charge >= 0.3 is 0 Å². The second kappa shape index (κ2) is 9.89. The number of halogens is 1. The van der Waals surface area contributed by atoms with Crippen LogP contribution in [-0.4, -0.2) is 37.4 Å². The quantitative estimate of drug-likeness (QED) is 0.557. The molecule has 2 aromatic carbocycles. The first-order valence-electron chi connectivity index (χ1n) is 9.60. The number of ketones is 1. The van der Waals surface area contributed by atoms with Crippen molar-refractivity contribution in [1.29, 1.82) is 0 Å². The lowest BCUT2D eigenvalue weighted by Gasteiger charge is -2.27. The van der Waals surface area contributed by atoms with Crippen LogP contribution in [-0.2, 0) is 11.4 Å². The number of hydrogen-bond donors (Lipinski definition) is 0. The largest absolute Gasteiger partial charge is 0.493 e. The van der Waals surface area contributed by atoms with E-state index >= 15 is 0 Å². The lowest BCUT2D eigenvalue weighted by Crippen LogP contribution is -2.36. The van der Waals surface area contributed by atoms with E-state index in [1.54, 1.807) is 7.11 Å². The number of methoxy groups -OCH3 is 1. The maximum atomic E-state index is 12.3. The van der Waals surface area contributed by atoms with Gasteiger partial charge in [-0.05, 0) is 54.4 Å². The van der Waals surface area contributed by atoms with Crippen molar-refractivity contribution in [3.05, 3.63) is 63.6 Å². The third kappa shape index (κ3) is 5.46. The van der Waals surface area contributed by atoms with Gasteiger partial charge in [0.05, 0.1) is 7.11 Å². The molecule has 1 aliphatic rings. The fraction of sp³-hybridized carbons (Fsp3) is 0.348. The van der Waals surface area contributed by atoms with Crippen LogP contribution in [0.3, 0.4) is 0 Å². The molecule has 1 heterocycles. The number of piperidine rings is 1. The number of benzene rings is 2. The van der Waals surface area contributed by atoms with Gasteiger partial charge in [-0.3, -0.25) is 9.69 Å². The molecule has 148 valence electrons. The van der Waals surface area contributed by atoms with Crippen LogP contribution in [0.25, 0.3) is 6.08 Å². The fourth-order valence-electron chi connectivity index (χ4n) is 3.30. The highest BCUT2D eigenvalue weighted by atomic mass is 79.9. The number of likely N-dealkylation sites (tertiary alicyclic amines) is 1. The predicted octanol–water partition coefficient (Wildman–Crippen LogP) is 5.10. The Balaban J connectivity index is 1.73. The number of ether oxygens (including phenoxy) is 2. The third-order valence-corrected chi connectivity index (χ3v) is 5.31. The zero-order valence-electron chi connectivity index (χ0n) is 16.4. The summed E-state index contributed by atoms with van der Waals surface area (Å²) in [5, 5.41) is 0. The maximum Gasteiger partial charge on any atom is 0.161 e. The summed E-state index contributed by atoms with van der Waals surface area (Å²) in [6.07, 6.45) is 3.67. The highest BCUT2D eigenvalue weighted by molar-refractivity contribution is 9.10. The zero-order valence-corrected chi connectivity index (χ0v) is 18.0. The molecule has 0 amide bonds. The molecule has 0 unspecified atom stereocenters. The van der Waals surface area contributed by atoms with E-state index < -0.39 is 0 Å². The standard InChI is InChI=1S/C23H26BrNO3/c1-3-11-25-12-10-21(26)19(15-25)13-18-6-9-22(23(14-18)27-2)28-16-17-4-7-20(24)8-5-17/h4-9,13-14H,3,10-12,15-16H2,1-2H3/b19-13+. The first-order valence-corrected chi connectivity index (χ1v) is 10.4. The summed E-state index contributed by atoms with van der Waals surface area (Å²) in [4.78, 5) is 14.6. The van der Waals surface area contributed by atoms with Gasteiger partial charge in [-0.1, -0.05) is 41.1 Å². The molecule has 0 saturated carbocycles. The maximum absolute atomic E-state index is 12.3. The van der Waals surface area contributed by atoms with Crippen LogP contribution >= 0.6 is 15.9 Å². The summed E-state index contributed by atoms with van der Waals surface area (Å²) >= 11 is 3.44. The van der Waals surface area contributed by atoms with Crippen molar-refractivity contribution < 1.29 is 14.3 Å². The normalized spacial score (nSPS) is 16.4. The molecule has 0 radical (unpaired) electrons. The number of carbonyl (C=O) groups excluding carboxylic acids is 1. The Bertz CT molecular complexity index is 845. The third-order valence-electron chi connectivity index (χ3n) is 4.78. The van der Waals surface area contributed by atoms with E-state index in [2.05, 4.69) is 27.8 Å². The van der Waals surface area contributed by atoms with E-state index in [0.29, 0.717) is 24.5 Å². The number of rotatable bonds is 7. The molecule has 3 rings (SSSR count). The predicted molar refractivity (Wildman–Crippen MR) is 116 cm³/mol. The van der Waals surface area contributed by atoms with Crippen LogP contribution in [0.1, 0.15) is 30.9 Å². The van der Waals surface area contributed by atoms with Crippen molar-refractivity contribution in [2.45, 2.75) is 26.4 Å². The molecule has 1 fully saturated rings. The van der Waals surface area contributed by atoms with Crippen molar-refractivity contribution >= 4 is 27.8 Å². The Labute approximate surface area is 175 Å². The molecule has 5 heteroatoms. The van der Waals surface area contributed by atoms with Gasteiger partial charge in [-0.15, -0.1) is 0 Å². The van der Waals surface area contributed by atoms with Crippen LogP contribution in [0.15, 0.2) is 52.5 Å². The lowest BCUT2D eigenvalue weighted by atomic mass is 10.00. The van der Waals surface area contributed by atoms with Gasteiger partial charge in [0.25, 0.3) is 0 Å². The van der Waals surface area contributed by atoms with Gasteiger partial charge in [0.15, 0.2) is 17.3 Å². The van der Waals surface area contributed by atoms with Gasteiger partial charge in [-0.2, -0.15) is 0 Å². The average molecular weight is 444 g/mol. The highest BCUT2D eigenvalue weighted by Crippen LogP contribution is 2.30. The van der Waals surface area contributed by atoms with Crippen molar-refractivity contribution in [1.82, 2.24) is 4.90 Å². The molecular formula is C23H26BrNO3. The summed E-state index contributed by atoms with van der Waals surface area (Å²) in [5.41, 5.74) is 2.90. The summed E-state index contributed by atoms with van der Waals surface area (Å²) in [7, 11) is 1.63. The minimum absolute atomic E-state index is 0.238. The molecule has 1 saturated heterocycles. The molecule has 0 aromatic heterocycles. The Kier molecular flexibility index (Phi) is 7.29. The second-order valence-corrected chi connectivity index (χ2v) is 7.86. The molecule has 0 bridgehead atoms.